The first-order valence-electron chi connectivity index (χ1n) is 5.28. The van der Waals surface area contributed by atoms with Gasteiger partial charge in [-0.05, 0) is 25.2 Å². The van der Waals surface area contributed by atoms with Crippen LogP contribution in [0.15, 0.2) is 0 Å². The fourth-order valence-electron chi connectivity index (χ4n) is 2.02. The lowest BCUT2D eigenvalue weighted by Gasteiger charge is -2.19. The van der Waals surface area contributed by atoms with E-state index in [1.54, 1.807) is 0 Å². The van der Waals surface area contributed by atoms with Crippen molar-refractivity contribution < 1.29 is 9.53 Å². The second-order valence-corrected chi connectivity index (χ2v) is 4.45. The summed E-state index contributed by atoms with van der Waals surface area (Å²) in [6, 6.07) is 0.234. The minimum Gasteiger partial charge on any atom is -0.376 e. The van der Waals surface area contributed by atoms with Crippen LogP contribution in [0.2, 0.25) is 0 Å². The van der Waals surface area contributed by atoms with E-state index in [0.29, 0.717) is 18.2 Å². The van der Waals surface area contributed by atoms with Crippen molar-refractivity contribution in [3.8, 4) is 0 Å². The van der Waals surface area contributed by atoms with Crippen molar-refractivity contribution in [3.63, 3.8) is 0 Å². The third-order valence-corrected chi connectivity index (χ3v) is 3.08. The standard InChI is InChI=1S/C10H16ClNO2/c11-5-3-9(13)12-8-4-6-14-10(8)7-1-2-7/h7-8,10H,1-6H2,(H,12,13). The Hall–Kier alpha value is -0.280. The number of ether oxygens (including phenoxy) is 1. The number of carbonyl (C=O) groups excluding carboxylic acids is 1. The van der Waals surface area contributed by atoms with Gasteiger partial charge in [-0.3, -0.25) is 4.79 Å². The lowest BCUT2D eigenvalue weighted by molar-refractivity contribution is -0.121. The number of amides is 1. The first-order valence-corrected chi connectivity index (χ1v) is 5.81. The Bertz CT molecular complexity index is 218. The second-order valence-electron chi connectivity index (χ2n) is 4.07. The third kappa shape index (κ3) is 2.39. The van der Waals surface area contributed by atoms with Crippen molar-refractivity contribution in [1.29, 1.82) is 0 Å². The molecule has 14 heavy (non-hydrogen) atoms. The van der Waals surface area contributed by atoms with Gasteiger partial charge in [0.25, 0.3) is 0 Å². The third-order valence-electron chi connectivity index (χ3n) is 2.89. The second kappa shape index (κ2) is 4.49. The molecule has 0 spiro atoms. The Labute approximate surface area is 89.1 Å². The number of carbonyl (C=O) groups is 1. The van der Waals surface area contributed by atoms with Gasteiger partial charge in [0.15, 0.2) is 0 Å². The van der Waals surface area contributed by atoms with Crippen LogP contribution in [0.1, 0.15) is 25.7 Å². The molecule has 0 aromatic heterocycles. The van der Waals surface area contributed by atoms with Gasteiger partial charge < -0.3 is 10.1 Å². The molecule has 3 nitrogen and oxygen atoms in total. The molecule has 0 aromatic carbocycles. The number of nitrogens with one attached hydrogen (secondary N) is 1. The molecule has 2 atom stereocenters. The molecule has 0 radical (unpaired) electrons. The van der Waals surface area contributed by atoms with Crippen molar-refractivity contribution in [2.45, 2.75) is 37.8 Å². The number of hydrogen-bond donors (Lipinski definition) is 1. The van der Waals surface area contributed by atoms with E-state index in [-0.39, 0.29) is 18.1 Å². The predicted molar refractivity (Wildman–Crippen MR) is 54.3 cm³/mol. The molecule has 2 fully saturated rings. The van der Waals surface area contributed by atoms with Crippen molar-refractivity contribution >= 4 is 17.5 Å². The monoisotopic (exact) mass is 217 g/mol. The predicted octanol–water partition coefficient (Wildman–Crippen LogP) is 1.30. The molecule has 2 unspecified atom stereocenters. The Morgan fingerprint density at radius 2 is 2.21 bits per heavy atom. The van der Waals surface area contributed by atoms with Gasteiger partial charge in [-0.15, -0.1) is 11.6 Å². The molecular weight excluding hydrogens is 202 g/mol. The van der Waals surface area contributed by atoms with Crippen LogP contribution in [0.3, 0.4) is 0 Å². The van der Waals surface area contributed by atoms with Crippen LogP contribution in [0.25, 0.3) is 0 Å². The molecule has 0 bridgehead atoms. The maximum Gasteiger partial charge on any atom is 0.221 e. The molecule has 1 saturated carbocycles. The molecule has 1 aliphatic carbocycles. The Kier molecular flexibility index (Phi) is 3.29. The summed E-state index contributed by atoms with van der Waals surface area (Å²) in [4.78, 5) is 11.3. The average Bonchev–Trinajstić information content (AvgIpc) is 2.89. The van der Waals surface area contributed by atoms with Gasteiger partial charge in [0.2, 0.25) is 5.91 Å². The largest absolute Gasteiger partial charge is 0.376 e. The minimum absolute atomic E-state index is 0.0566. The molecule has 1 heterocycles. The zero-order valence-corrected chi connectivity index (χ0v) is 8.93. The van der Waals surface area contributed by atoms with Gasteiger partial charge >= 0.3 is 0 Å². The number of alkyl halides is 1. The van der Waals surface area contributed by atoms with Gasteiger partial charge in [0, 0.05) is 18.9 Å². The lowest BCUT2D eigenvalue weighted by atomic mass is 10.1. The molecule has 2 rings (SSSR count). The zero-order chi connectivity index (χ0) is 9.97. The van der Waals surface area contributed by atoms with E-state index in [4.69, 9.17) is 16.3 Å². The zero-order valence-electron chi connectivity index (χ0n) is 8.17. The first-order chi connectivity index (χ1) is 6.81. The van der Waals surface area contributed by atoms with E-state index >= 15 is 0 Å². The van der Waals surface area contributed by atoms with E-state index in [2.05, 4.69) is 5.32 Å². The molecule has 1 amide bonds. The summed E-state index contributed by atoms with van der Waals surface area (Å²) in [5.74, 6) is 1.15. The summed E-state index contributed by atoms with van der Waals surface area (Å²) < 4.78 is 5.62. The van der Waals surface area contributed by atoms with E-state index in [0.717, 1.165) is 13.0 Å². The normalized spacial score (nSPS) is 31.8. The van der Waals surface area contributed by atoms with Gasteiger partial charge in [0.1, 0.15) is 0 Å². The van der Waals surface area contributed by atoms with Crippen LogP contribution in [0.5, 0.6) is 0 Å². The molecule has 1 saturated heterocycles. The quantitative estimate of drug-likeness (QED) is 0.721. The lowest BCUT2D eigenvalue weighted by Crippen LogP contribution is -2.41. The smallest absolute Gasteiger partial charge is 0.221 e. The van der Waals surface area contributed by atoms with Crippen molar-refractivity contribution in [2.24, 2.45) is 5.92 Å². The highest BCUT2D eigenvalue weighted by Crippen LogP contribution is 2.38. The van der Waals surface area contributed by atoms with Crippen LogP contribution in [0, 0.1) is 5.92 Å². The maximum absolute atomic E-state index is 11.3. The Morgan fingerprint density at radius 3 is 2.86 bits per heavy atom. The van der Waals surface area contributed by atoms with E-state index in [1.165, 1.54) is 12.8 Å². The van der Waals surface area contributed by atoms with Crippen LogP contribution in [0.4, 0.5) is 0 Å². The fourth-order valence-corrected chi connectivity index (χ4v) is 2.19. The summed E-state index contributed by atoms with van der Waals surface area (Å²) in [7, 11) is 0. The van der Waals surface area contributed by atoms with Crippen LogP contribution in [-0.2, 0) is 9.53 Å². The summed E-state index contributed by atoms with van der Waals surface area (Å²) in [5, 5.41) is 3.00. The highest BCUT2D eigenvalue weighted by Gasteiger charge is 2.40. The van der Waals surface area contributed by atoms with Gasteiger partial charge in [0.05, 0.1) is 12.1 Å². The summed E-state index contributed by atoms with van der Waals surface area (Å²) >= 11 is 5.50. The molecule has 2 aliphatic rings. The number of rotatable bonds is 4. The molecule has 1 N–H and O–H groups in total. The van der Waals surface area contributed by atoms with Gasteiger partial charge in [-0.1, -0.05) is 0 Å². The van der Waals surface area contributed by atoms with E-state index in [9.17, 15) is 4.79 Å². The highest BCUT2D eigenvalue weighted by molar-refractivity contribution is 6.18. The Balaban J connectivity index is 1.80. The SMILES string of the molecule is O=C(CCCl)NC1CCOC1C1CC1. The summed E-state index contributed by atoms with van der Waals surface area (Å²) in [5.41, 5.74) is 0. The van der Waals surface area contributed by atoms with E-state index < -0.39 is 0 Å². The number of halogens is 1. The molecule has 1 aliphatic heterocycles. The summed E-state index contributed by atoms with van der Waals surface area (Å²) in [6.07, 6.45) is 4.15. The topological polar surface area (TPSA) is 38.3 Å². The average molecular weight is 218 g/mol. The van der Waals surface area contributed by atoms with Crippen molar-refractivity contribution in [1.82, 2.24) is 5.32 Å². The molecule has 0 aromatic rings. The van der Waals surface area contributed by atoms with Crippen LogP contribution < -0.4 is 5.32 Å². The van der Waals surface area contributed by atoms with Crippen LogP contribution in [-0.4, -0.2) is 30.5 Å². The highest BCUT2D eigenvalue weighted by atomic mass is 35.5. The first kappa shape index (κ1) is 10.2. The fraction of sp³-hybridized carbons (Fsp3) is 0.900. The van der Waals surface area contributed by atoms with Gasteiger partial charge in [-0.25, -0.2) is 0 Å². The van der Waals surface area contributed by atoms with Crippen LogP contribution >= 0.6 is 11.6 Å². The summed E-state index contributed by atoms with van der Waals surface area (Å²) in [6.45, 7) is 0.785. The van der Waals surface area contributed by atoms with Crippen molar-refractivity contribution in [2.75, 3.05) is 12.5 Å². The Morgan fingerprint density at radius 1 is 1.43 bits per heavy atom. The van der Waals surface area contributed by atoms with Crippen molar-refractivity contribution in [3.05, 3.63) is 0 Å². The van der Waals surface area contributed by atoms with E-state index in [1.807, 2.05) is 0 Å². The molecular formula is C10H16ClNO2. The molecule has 80 valence electrons. The molecule has 4 heteroatoms. The number of hydrogen-bond acceptors (Lipinski definition) is 2. The minimum atomic E-state index is 0.0566. The van der Waals surface area contributed by atoms with Gasteiger partial charge in [-0.2, -0.15) is 0 Å². The maximum atomic E-state index is 11.3.